The predicted octanol–water partition coefficient (Wildman–Crippen LogP) is 8.37. The van der Waals surface area contributed by atoms with Gasteiger partial charge < -0.3 is 24.4 Å². The van der Waals surface area contributed by atoms with Crippen molar-refractivity contribution in [2.75, 3.05) is 52.3 Å². The molecule has 1 N–H and O–H groups in total. The molecule has 7 heteroatoms. The Kier molecular flexibility index (Phi) is 17.3. The Morgan fingerprint density at radius 2 is 1.39 bits per heavy atom. The highest BCUT2D eigenvalue weighted by Gasteiger charge is 2.22. The summed E-state index contributed by atoms with van der Waals surface area (Å²) in [4.78, 5) is 36.5. The number of rotatable bonds is 24. The van der Waals surface area contributed by atoms with Crippen LogP contribution in [0, 0.1) is 0 Å². The number of amides is 2. The van der Waals surface area contributed by atoms with Gasteiger partial charge in [0.1, 0.15) is 0 Å². The van der Waals surface area contributed by atoms with Gasteiger partial charge in [0.25, 0.3) is 0 Å². The first-order valence-electron chi connectivity index (χ1n) is 17.8. The minimum absolute atomic E-state index is 0.0127. The predicted molar refractivity (Wildman–Crippen MR) is 192 cm³/mol. The molecule has 254 valence electrons. The molecular formula is C39H60N4O3. The largest absolute Gasteiger partial charge is 0.385 e. The van der Waals surface area contributed by atoms with Crippen LogP contribution in [-0.2, 0) is 27.3 Å². The summed E-state index contributed by atoms with van der Waals surface area (Å²) in [6.45, 7) is 4.55. The molecule has 3 aromatic rings. The van der Waals surface area contributed by atoms with Crippen molar-refractivity contribution >= 4 is 28.4 Å². The molecule has 1 heterocycles. The number of anilines is 1. The number of aromatic amines is 1. The summed E-state index contributed by atoms with van der Waals surface area (Å²) in [5, 5.41) is 1.19. The molecule has 0 atom stereocenters. The van der Waals surface area contributed by atoms with Crippen molar-refractivity contribution < 1.29 is 14.3 Å². The summed E-state index contributed by atoms with van der Waals surface area (Å²) in [5.41, 5.74) is 4.50. The standard InChI is InChI=1S/C39H60N4O3/c1-5-6-7-8-9-10-11-12-13-14-15-21-38(44)42(27-18-29-46-4)32-39(45)43(31-33-22-24-35(25-23-33)41(2)3)28-26-34-30-40-37-20-17-16-19-36(34)37/h16-17,19-20,22-25,30,40H,5-15,18,21,26-29,31-32H2,1-4H3. The Bertz CT molecular complexity index is 1270. The molecule has 46 heavy (non-hydrogen) atoms. The van der Waals surface area contributed by atoms with E-state index in [1.54, 1.807) is 12.0 Å². The van der Waals surface area contributed by atoms with Gasteiger partial charge in [0.15, 0.2) is 0 Å². The third-order valence-electron chi connectivity index (χ3n) is 8.95. The van der Waals surface area contributed by atoms with Crippen LogP contribution in [0.25, 0.3) is 10.9 Å². The lowest BCUT2D eigenvalue weighted by Gasteiger charge is -2.28. The summed E-state index contributed by atoms with van der Waals surface area (Å²) < 4.78 is 5.28. The van der Waals surface area contributed by atoms with E-state index < -0.39 is 0 Å². The van der Waals surface area contributed by atoms with E-state index in [2.05, 4.69) is 53.2 Å². The van der Waals surface area contributed by atoms with E-state index in [-0.39, 0.29) is 18.4 Å². The fourth-order valence-corrected chi connectivity index (χ4v) is 6.06. The molecule has 0 saturated heterocycles. The Hall–Kier alpha value is -3.32. The van der Waals surface area contributed by atoms with Crippen molar-refractivity contribution in [2.45, 2.75) is 103 Å². The van der Waals surface area contributed by atoms with Gasteiger partial charge in [0.05, 0.1) is 6.54 Å². The first-order valence-corrected chi connectivity index (χ1v) is 17.8. The second-order valence-electron chi connectivity index (χ2n) is 12.9. The van der Waals surface area contributed by atoms with E-state index in [0.717, 1.165) is 42.5 Å². The van der Waals surface area contributed by atoms with Crippen molar-refractivity contribution in [3.05, 3.63) is 65.9 Å². The Morgan fingerprint density at radius 1 is 0.739 bits per heavy atom. The fourth-order valence-electron chi connectivity index (χ4n) is 6.06. The lowest BCUT2D eigenvalue weighted by Crippen LogP contribution is -2.44. The molecule has 3 rings (SSSR count). The Labute approximate surface area is 278 Å². The van der Waals surface area contributed by atoms with Gasteiger partial charge in [-0.25, -0.2) is 0 Å². The fraction of sp³-hybridized carbons (Fsp3) is 0.590. The molecule has 0 aliphatic rings. The van der Waals surface area contributed by atoms with Gasteiger partial charge in [-0.3, -0.25) is 9.59 Å². The number of carbonyl (C=O) groups is 2. The second-order valence-corrected chi connectivity index (χ2v) is 12.9. The number of methoxy groups -OCH3 is 1. The van der Waals surface area contributed by atoms with Crippen LogP contribution >= 0.6 is 0 Å². The molecule has 0 bridgehead atoms. The van der Waals surface area contributed by atoms with Crippen LogP contribution in [0.2, 0.25) is 0 Å². The van der Waals surface area contributed by atoms with Gasteiger partial charge in [0.2, 0.25) is 11.8 Å². The number of H-pyrrole nitrogens is 1. The zero-order valence-corrected chi connectivity index (χ0v) is 29.2. The van der Waals surface area contributed by atoms with E-state index in [1.807, 2.05) is 37.3 Å². The SMILES string of the molecule is CCCCCCCCCCCCCC(=O)N(CCCOC)CC(=O)N(CCc1c[nH]c2ccccc12)Cc1ccc(N(C)C)cc1. The lowest BCUT2D eigenvalue weighted by molar-refractivity contribution is -0.141. The number of para-hydroxylation sites is 1. The molecule has 0 unspecified atom stereocenters. The van der Waals surface area contributed by atoms with E-state index in [4.69, 9.17) is 4.74 Å². The van der Waals surface area contributed by atoms with E-state index in [9.17, 15) is 9.59 Å². The summed E-state index contributed by atoms with van der Waals surface area (Å²) in [5.74, 6) is 0.0634. The average molecular weight is 633 g/mol. The van der Waals surface area contributed by atoms with Gasteiger partial charge in [-0.1, -0.05) is 101 Å². The van der Waals surface area contributed by atoms with Gasteiger partial charge >= 0.3 is 0 Å². The molecule has 7 nitrogen and oxygen atoms in total. The number of aromatic nitrogens is 1. The van der Waals surface area contributed by atoms with Crippen LogP contribution in [0.15, 0.2) is 54.7 Å². The van der Waals surface area contributed by atoms with Crippen LogP contribution in [0.4, 0.5) is 5.69 Å². The normalized spacial score (nSPS) is 11.2. The maximum atomic E-state index is 13.9. The van der Waals surface area contributed by atoms with Crippen molar-refractivity contribution in [3.63, 3.8) is 0 Å². The Morgan fingerprint density at radius 3 is 2.04 bits per heavy atom. The minimum atomic E-state index is -0.0127. The van der Waals surface area contributed by atoms with Crippen molar-refractivity contribution in [3.8, 4) is 0 Å². The summed E-state index contributed by atoms with van der Waals surface area (Å²) in [6.07, 6.45) is 17.7. The highest BCUT2D eigenvalue weighted by molar-refractivity contribution is 5.85. The molecule has 0 radical (unpaired) electrons. The van der Waals surface area contributed by atoms with Crippen molar-refractivity contribution in [1.29, 1.82) is 0 Å². The molecule has 2 amide bonds. The monoisotopic (exact) mass is 632 g/mol. The van der Waals surface area contributed by atoms with Crippen molar-refractivity contribution in [2.24, 2.45) is 0 Å². The van der Waals surface area contributed by atoms with Crippen LogP contribution in [0.3, 0.4) is 0 Å². The highest BCUT2D eigenvalue weighted by atomic mass is 16.5. The quantitative estimate of drug-likeness (QED) is 0.101. The van der Waals surface area contributed by atoms with Crippen LogP contribution in [-0.4, -0.2) is 74.0 Å². The van der Waals surface area contributed by atoms with E-state index in [1.165, 1.54) is 68.7 Å². The highest BCUT2D eigenvalue weighted by Crippen LogP contribution is 2.20. The lowest BCUT2D eigenvalue weighted by atomic mass is 10.1. The third kappa shape index (κ3) is 13.2. The number of fused-ring (bicyclic) bond motifs is 1. The molecule has 0 fully saturated rings. The number of nitrogens with zero attached hydrogens (tertiary/aromatic N) is 3. The maximum absolute atomic E-state index is 13.9. The van der Waals surface area contributed by atoms with Crippen LogP contribution in [0.1, 0.15) is 102 Å². The number of unbranched alkanes of at least 4 members (excludes halogenated alkanes) is 10. The molecular weight excluding hydrogens is 572 g/mol. The molecule has 2 aromatic carbocycles. The number of hydrogen-bond donors (Lipinski definition) is 1. The first kappa shape index (κ1) is 37.1. The number of carbonyl (C=O) groups excluding carboxylic acids is 2. The third-order valence-corrected chi connectivity index (χ3v) is 8.95. The zero-order chi connectivity index (χ0) is 33.0. The zero-order valence-electron chi connectivity index (χ0n) is 29.2. The topological polar surface area (TPSA) is 68.9 Å². The summed E-state index contributed by atoms with van der Waals surface area (Å²) in [7, 11) is 5.73. The van der Waals surface area contributed by atoms with Crippen molar-refractivity contribution in [1.82, 2.24) is 14.8 Å². The van der Waals surface area contributed by atoms with Crippen LogP contribution < -0.4 is 4.90 Å². The second kappa shape index (κ2) is 21.5. The molecule has 0 spiro atoms. The first-order chi connectivity index (χ1) is 22.4. The van der Waals surface area contributed by atoms with E-state index in [0.29, 0.717) is 32.7 Å². The van der Waals surface area contributed by atoms with Gasteiger partial charge in [-0.15, -0.1) is 0 Å². The van der Waals surface area contributed by atoms with Gasteiger partial charge in [0, 0.05) is 76.7 Å². The molecule has 0 aliphatic carbocycles. The van der Waals surface area contributed by atoms with Gasteiger partial charge in [-0.2, -0.15) is 0 Å². The number of nitrogens with one attached hydrogen (secondary N) is 1. The van der Waals surface area contributed by atoms with E-state index >= 15 is 0 Å². The van der Waals surface area contributed by atoms with Gasteiger partial charge in [-0.05, 0) is 48.6 Å². The summed E-state index contributed by atoms with van der Waals surface area (Å²) in [6, 6.07) is 16.6. The molecule has 1 aromatic heterocycles. The maximum Gasteiger partial charge on any atom is 0.242 e. The van der Waals surface area contributed by atoms with Crippen LogP contribution in [0.5, 0.6) is 0 Å². The molecule has 0 aliphatic heterocycles. The number of ether oxygens (including phenoxy) is 1. The number of hydrogen-bond acceptors (Lipinski definition) is 4. The minimum Gasteiger partial charge on any atom is -0.385 e. The smallest absolute Gasteiger partial charge is 0.242 e. The molecule has 0 saturated carbocycles. The number of benzene rings is 2. The summed E-state index contributed by atoms with van der Waals surface area (Å²) >= 11 is 0. The average Bonchev–Trinajstić information content (AvgIpc) is 3.48. The Balaban J connectivity index is 1.58.